The first kappa shape index (κ1) is 16.6. The van der Waals surface area contributed by atoms with Crippen molar-refractivity contribution in [3.8, 4) is 5.88 Å². The van der Waals surface area contributed by atoms with Gasteiger partial charge in [0.15, 0.2) is 0 Å². The van der Waals surface area contributed by atoms with Gasteiger partial charge in [-0.3, -0.25) is 25.8 Å². The number of amides is 1. The van der Waals surface area contributed by atoms with E-state index in [9.17, 15) is 14.9 Å². The molecule has 0 atom stereocenters. The minimum absolute atomic E-state index is 0.168. The highest BCUT2D eigenvalue weighted by molar-refractivity contribution is 9.10. The van der Waals surface area contributed by atoms with Crippen LogP contribution >= 0.6 is 15.9 Å². The maximum absolute atomic E-state index is 12.0. The van der Waals surface area contributed by atoms with Crippen molar-refractivity contribution in [2.45, 2.75) is 6.92 Å². The van der Waals surface area contributed by atoms with E-state index in [2.05, 4.69) is 36.7 Å². The first-order valence-electron chi connectivity index (χ1n) is 6.47. The number of nitrogens with one attached hydrogen (secondary N) is 2. The van der Waals surface area contributed by atoms with Crippen molar-refractivity contribution in [2.24, 2.45) is 0 Å². The minimum atomic E-state index is -0.681. The smallest absolute Gasteiger partial charge is 0.374 e. The molecule has 0 aliphatic carbocycles. The summed E-state index contributed by atoms with van der Waals surface area (Å²) in [7, 11) is 0. The van der Waals surface area contributed by atoms with Crippen LogP contribution in [0.15, 0.2) is 35.1 Å². The predicted molar refractivity (Wildman–Crippen MR) is 85.1 cm³/mol. The molecule has 2 N–H and O–H groups in total. The molecule has 0 bridgehead atoms. The number of anilines is 1. The quantitative estimate of drug-likeness (QED) is 0.581. The zero-order chi connectivity index (χ0) is 16.8. The Morgan fingerprint density at radius 3 is 2.65 bits per heavy atom. The van der Waals surface area contributed by atoms with Crippen LogP contribution in [-0.4, -0.2) is 27.4 Å². The number of halogens is 1. The second-order valence-corrected chi connectivity index (χ2v) is 5.07. The highest BCUT2D eigenvalue weighted by Crippen LogP contribution is 2.30. The lowest BCUT2D eigenvalue weighted by molar-refractivity contribution is -0.385. The van der Waals surface area contributed by atoms with E-state index >= 15 is 0 Å². The Labute approximate surface area is 139 Å². The largest absolute Gasteiger partial charge is 0.473 e. The molecule has 1 heterocycles. The van der Waals surface area contributed by atoms with Gasteiger partial charge in [0, 0.05) is 10.0 Å². The number of hydrogen-bond donors (Lipinski definition) is 2. The van der Waals surface area contributed by atoms with Gasteiger partial charge in [-0.25, -0.2) is 4.98 Å². The molecule has 120 valence electrons. The number of hydrazine groups is 1. The molecular formula is C13H12BrN5O4. The number of rotatable bonds is 6. The molecule has 0 fully saturated rings. The van der Waals surface area contributed by atoms with Crippen molar-refractivity contribution in [1.82, 2.24) is 15.4 Å². The van der Waals surface area contributed by atoms with Crippen LogP contribution in [0.1, 0.15) is 17.3 Å². The zero-order valence-corrected chi connectivity index (χ0v) is 13.5. The molecule has 1 amide bonds. The molecule has 0 saturated carbocycles. The monoisotopic (exact) mass is 381 g/mol. The Balaban J connectivity index is 2.16. The van der Waals surface area contributed by atoms with E-state index in [-0.39, 0.29) is 18.3 Å². The zero-order valence-electron chi connectivity index (χ0n) is 11.9. The van der Waals surface area contributed by atoms with Crippen molar-refractivity contribution in [2.75, 3.05) is 12.0 Å². The Bertz CT molecular complexity index is 723. The number of nitrogens with zero attached hydrogens (tertiary/aromatic N) is 3. The lowest BCUT2D eigenvalue weighted by Crippen LogP contribution is -2.30. The summed E-state index contributed by atoms with van der Waals surface area (Å²) >= 11 is 3.27. The summed E-state index contributed by atoms with van der Waals surface area (Å²) in [6.07, 6.45) is 1.10. The summed E-state index contributed by atoms with van der Waals surface area (Å²) in [5.74, 6) is -0.810. The van der Waals surface area contributed by atoms with Gasteiger partial charge in [0.2, 0.25) is 5.82 Å². The average Bonchev–Trinajstić information content (AvgIpc) is 2.53. The molecule has 1 aromatic carbocycles. The third-order valence-corrected chi connectivity index (χ3v) is 3.18. The van der Waals surface area contributed by atoms with E-state index in [1.807, 2.05) is 0 Å². The summed E-state index contributed by atoms with van der Waals surface area (Å²) < 4.78 is 5.92. The summed E-state index contributed by atoms with van der Waals surface area (Å²) in [4.78, 5) is 29.9. The van der Waals surface area contributed by atoms with Crippen molar-refractivity contribution < 1.29 is 14.5 Å². The molecule has 0 radical (unpaired) electrons. The Hall–Kier alpha value is -2.75. The molecule has 1 aromatic heterocycles. The molecule has 0 saturated heterocycles. The summed E-state index contributed by atoms with van der Waals surface area (Å²) in [6.45, 7) is 1.89. The van der Waals surface area contributed by atoms with Crippen LogP contribution in [0, 0.1) is 10.1 Å². The Morgan fingerprint density at radius 2 is 2.04 bits per heavy atom. The highest BCUT2D eigenvalue weighted by Gasteiger charge is 2.24. The molecule has 9 nitrogen and oxygen atoms in total. The van der Waals surface area contributed by atoms with Crippen LogP contribution in [0.5, 0.6) is 5.88 Å². The van der Waals surface area contributed by atoms with Crippen molar-refractivity contribution in [3.63, 3.8) is 0 Å². The molecule has 10 heteroatoms. The molecule has 2 aromatic rings. The molecule has 23 heavy (non-hydrogen) atoms. The first-order valence-corrected chi connectivity index (χ1v) is 7.26. The number of nitro groups is 1. The Morgan fingerprint density at radius 1 is 1.35 bits per heavy atom. The van der Waals surface area contributed by atoms with Gasteiger partial charge in [0.05, 0.1) is 11.5 Å². The molecule has 0 spiro atoms. The number of ether oxygens (including phenoxy) is 1. The number of carbonyl (C=O) groups excluding carboxylic acids is 1. The van der Waals surface area contributed by atoms with E-state index in [1.165, 1.54) is 0 Å². The maximum atomic E-state index is 12.0. The normalized spacial score (nSPS) is 10.0. The van der Waals surface area contributed by atoms with E-state index < -0.39 is 16.5 Å². The molecule has 0 unspecified atom stereocenters. The summed E-state index contributed by atoms with van der Waals surface area (Å²) in [5, 5.41) is 11.2. The predicted octanol–water partition coefficient (Wildman–Crippen LogP) is 2.30. The standard InChI is InChI=1S/C13H12BrN5O4/c1-2-23-13-10(19(21)22)11(15-7-16-13)17-18-12(20)8-3-5-9(14)6-4-8/h3-7H,2H2,1H3,(H,18,20)(H,15,16,17). The van der Waals surface area contributed by atoms with Gasteiger partial charge >= 0.3 is 5.69 Å². The fourth-order valence-electron chi connectivity index (χ4n) is 1.65. The van der Waals surface area contributed by atoms with Crippen LogP contribution in [0.4, 0.5) is 11.5 Å². The summed E-state index contributed by atoms with van der Waals surface area (Å²) in [5.41, 5.74) is 4.69. The van der Waals surface area contributed by atoms with Crippen molar-refractivity contribution >= 4 is 33.3 Å². The van der Waals surface area contributed by atoms with Gasteiger partial charge in [-0.05, 0) is 31.2 Å². The maximum Gasteiger partial charge on any atom is 0.374 e. The van der Waals surface area contributed by atoms with Gasteiger partial charge < -0.3 is 4.74 Å². The van der Waals surface area contributed by atoms with Crippen LogP contribution in [0.25, 0.3) is 0 Å². The minimum Gasteiger partial charge on any atom is -0.473 e. The van der Waals surface area contributed by atoms with Crippen LogP contribution in [0.3, 0.4) is 0 Å². The number of carbonyl (C=O) groups is 1. The number of hydrogen-bond acceptors (Lipinski definition) is 7. The van der Waals surface area contributed by atoms with E-state index in [4.69, 9.17) is 4.74 Å². The second-order valence-electron chi connectivity index (χ2n) is 4.15. The van der Waals surface area contributed by atoms with Crippen LogP contribution < -0.4 is 15.6 Å². The summed E-state index contributed by atoms with van der Waals surface area (Å²) in [6, 6.07) is 6.60. The van der Waals surface area contributed by atoms with Crippen molar-refractivity contribution in [1.29, 1.82) is 0 Å². The topological polar surface area (TPSA) is 119 Å². The van der Waals surface area contributed by atoms with Gasteiger partial charge in [0.1, 0.15) is 6.33 Å². The average molecular weight is 382 g/mol. The third-order valence-electron chi connectivity index (χ3n) is 2.65. The van der Waals surface area contributed by atoms with E-state index in [0.717, 1.165) is 10.8 Å². The Kier molecular flexibility index (Phi) is 5.41. The lowest BCUT2D eigenvalue weighted by atomic mass is 10.2. The lowest BCUT2D eigenvalue weighted by Gasteiger charge is -2.09. The fourth-order valence-corrected chi connectivity index (χ4v) is 1.91. The SMILES string of the molecule is CCOc1ncnc(NNC(=O)c2ccc(Br)cc2)c1[N+](=O)[O-]. The molecular weight excluding hydrogens is 370 g/mol. The van der Waals surface area contributed by atoms with E-state index in [1.54, 1.807) is 31.2 Å². The van der Waals surface area contributed by atoms with Gasteiger partial charge in [-0.15, -0.1) is 0 Å². The number of benzene rings is 1. The highest BCUT2D eigenvalue weighted by atomic mass is 79.9. The number of aromatic nitrogens is 2. The fraction of sp³-hybridized carbons (Fsp3) is 0.154. The third kappa shape index (κ3) is 4.13. The van der Waals surface area contributed by atoms with Gasteiger partial charge in [-0.2, -0.15) is 4.98 Å². The molecule has 0 aliphatic heterocycles. The van der Waals surface area contributed by atoms with Gasteiger partial charge in [0.25, 0.3) is 11.8 Å². The second kappa shape index (κ2) is 7.49. The van der Waals surface area contributed by atoms with E-state index in [0.29, 0.717) is 5.56 Å². The molecule has 0 aliphatic rings. The van der Waals surface area contributed by atoms with Crippen LogP contribution in [-0.2, 0) is 0 Å². The van der Waals surface area contributed by atoms with Crippen molar-refractivity contribution in [3.05, 3.63) is 50.7 Å². The van der Waals surface area contributed by atoms with Gasteiger partial charge in [-0.1, -0.05) is 15.9 Å². The van der Waals surface area contributed by atoms with Crippen LogP contribution in [0.2, 0.25) is 0 Å². The first-order chi connectivity index (χ1) is 11.0. The molecule has 2 rings (SSSR count).